The minimum absolute atomic E-state index is 3.53. The molecule has 0 saturated carbocycles. The fourth-order valence-electron chi connectivity index (χ4n) is 0.554. The van der Waals surface area contributed by atoms with Crippen LogP contribution in [0.3, 0.4) is 0 Å². The van der Waals surface area contributed by atoms with Gasteiger partial charge in [-0.15, -0.1) is 0 Å². The van der Waals surface area contributed by atoms with Crippen molar-refractivity contribution in [2.75, 3.05) is 0 Å². The van der Waals surface area contributed by atoms with Gasteiger partial charge in [0.2, 0.25) is 0 Å². The summed E-state index contributed by atoms with van der Waals surface area (Å²) >= 11 is 0. The highest BCUT2D eigenvalue weighted by atomic mass is 32.2. The molecule has 4 nitrogen and oxygen atoms in total. The normalized spacial score (nSPS) is 15.6. The lowest BCUT2D eigenvalue weighted by atomic mass is 10.8. The van der Waals surface area contributed by atoms with Crippen LogP contribution in [0.15, 0.2) is 0 Å². The van der Waals surface area contributed by atoms with E-state index < -0.39 is 33.0 Å². The van der Waals surface area contributed by atoms with Gasteiger partial charge in [0.25, 0.3) is 0 Å². The predicted octanol–water partition coefficient (Wildman–Crippen LogP) is 1.77. The lowest BCUT2D eigenvalue weighted by Gasteiger charge is -2.30. The average Bonchev–Trinajstić information content (AvgIpc) is 1.72. The monoisotopic (exact) mass is 283 g/mol. The molecule has 0 fully saturated rings. The third kappa shape index (κ3) is 2.91. The molecule has 0 atom stereocenters. The Hall–Kier alpha value is -0.690. The van der Waals surface area contributed by atoms with Gasteiger partial charge in [-0.3, -0.25) is 4.55 Å². The molecule has 0 rings (SSSR count). The molecule has 0 aromatic rings. The van der Waals surface area contributed by atoms with Crippen LogP contribution in [0.25, 0.3) is 0 Å². The van der Waals surface area contributed by atoms with Gasteiger partial charge in [0.05, 0.1) is 0 Å². The van der Waals surface area contributed by atoms with Gasteiger partial charge in [-0.1, -0.05) is 0 Å². The summed E-state index contributed by atoms with van der Waals surface area (Å²) in [6.07, 6.45) is -13.5. The number of alkyl halides is 8. The molecule has 0 aliphatic carbocycles. The topological polar surface area (TPSA) is 57.6 Å². The second kappa shape index (κ2) is 3.66. The van der Waals surface area contributed by atoms with Crippen molar-refractivity contribution in [2.24, 2.45) is 0 Å². The molecule has 16 heavy (non-hydrogen) atoms. The van der Waals surface area contributed by atoms with Gasteiger partial charge < -0.3 is 0 Å². The van der Waals surface area contributed by atoms with Gasteiger partial charge in [0.15, 0.2) is 0 Å². The molecule has 13 heteroatoms. The first kappa shape index (κ1) is 15.3. The van der Waals surface area contributed by atoms with E-state index in [0.29, 0.717) is 0 Å². The van der Waals surface area contributed by atoms with Crippen molar-refractivity contribution in [3.05, 3.63) is 0 Å². The maximum atomic E-state index is 12.2. The Balaban J connectivity index is 5.76. The highest BCUT2D eigenvalue weighted by Crippen LogP contribution is 2.43. The summed E-state index contributed by atoms with van der Waals surface area (Å²) < 4.78 is 121. The van der Waals surface area contributed by atoms with Crippen molar-refractivity contribution in [3.8, 4) is 0 Å². The van der Waals surface area contributed by atoms with Crippen molar-refractivity contribution in [1.82, 2.24) is 4.90 Å². The lowest BCUT2D eigenvalue weighted by Crippen LogP contribution is -2.60. The van der Waals surface area contributed by atoms with Crippen molar-refractivity contribution in [1.29, 1.82) is 0 Å². The van der Waals surface area contributed by atoms with E-state index in [1.807, 2.05) is 0 Å². The van der Waals surface area contributed by atoms with Gasteiger partial charge in [-0.05, 0) is 4.90 Å². The zero-order valence-electron chi connectivity index (χ0n) is 6.64. The third-order valence-corrected chi connectivity index (χ3v) is 1.88. The molecule has 0 saturated heterocycles. The highest BCUT2D eigenvalue weighted by molar-refractivity contribution is 7.86. The predicted molar refractivity (Wildman–Crippen MR) is 30.4 cm³/mol. The molecule has 0 radical (unpaired) electrons. The summed E-state index contributed by atoms with van der Waals surface area (Å²) in [6, 6.07) is 0. The van der Waals surface area contributed by atoms with Crippen LogP contribution in [0.4, 0.5) is 35.1 Å². The number of hydrogen-bond donors (Lipinski definition) is 1. The van der Waals surface area contributed by atoms with Crippen LogP contribution in [-0.4, -0.2) is 35.8 Å². The van der Waals surface area contributed by atoms with Crippen LogP contribution in [0, 0.1) is 0 Å². The minimum Gasteiger partial charge on any atom is -0.280 e. The van der Waals surface area contributed by atoms with E-state index in [9.17, 15) is 43.5 Å². The lowest BCUT2D eigenvalue weighted by molar-refractivity contribution is -0.421. The molecule has 0 amide bonds. The average molecular weight is 283 g/mol. The second-order valence-corrected chi connectivity index (χ2v) is 3.67. The van der Waals surface area contributed by atoms with E-state index in [0.717, 1.165) is 0 Å². The SMILES string of the molecule is O=S(=O)(O)C(F)(F)N(C(F)(F)F)C(F)(F)F. The van der Waals surface area contributed by atoms with E-state index in [1.165, 1.54) is 0 Å². The van der Waals surface area contributed by atoms with Crippen LogP contribution in [-0.2, 0) is 10.1 Å². The Morgan fingerprint density at radius 3 is 1.12 bits per heavy atom. The van der Waals surface area contributed by atoms with E-state index in [-0.39, 0.29) is 0 Å². The van der Waals surface area contributed by atoms with E-state index in [4.69, 9.17) is 4.55 Å². The molecule has 0 aromatic heterocycles. The molecule has 0 unspecified atom stereocenters. The Morgan fingerprint density at radius 2 is 1.06 bits per heavy atom. The maximum absolute atomic E-state index is 12.2. The van der Waals surface area contributed by atoms with E-state index in [1.54, 1.807) is 0 Å². The highest BCUT2D eigenvalue weighted by Gasteiger charge is 2.71. The first-order chi connectivity index (χ1) is 6.62. The molecule has 0 aliphatic rings. The first-order valence-electron chi connectivity index (χ1n) is 2.90. The van der Waals surface area contributed by atoms with Crippen LogP contribution >= 0.6 is 0 Å². The molecular formula is C3HF8NO3S. The van der Waals surface area contributed by atoms with E-state index in [2.05, 4.69) is 0 Å². The summed E-state index contributed by atoms with van der Waals surface area (Å²) in [4.78, 5) is -3.53. The fraction of sp³-hybridized carbons (Fsp3) is 1.00. The fourth-order valence-corrected chi connectivity index (χ4v) is 0.992. The Labute approximate surface area is 82.2 Å². The van der Waals surface area contributed by atoms with Crippen LogP contribution in [0.2, 0.25) is 0 Å². The smallest absolute Gasteiger partial charge is 0.280 e. The van der Waals surface area contributed by atoms with Gasteiger partial charge in [0, 0.05) is 0 Å². The Bertz CT molecular complexity index is 340. The quantitative estimate of drug-likeness (QED) is 0.476. The van der Waals surface area contributed by atoms with Crippen molar-refractivity contribution in [2.45, 2.75) is 18.0 Å². The minimum atomic E-state index is -6.92. The zero-order valence-corrected chi connectivity index (χ0v) is 7.46. The number of hydrogen-bond acceptors (Lipinski definition) is 3. The summed E-state index contributed by atoms with van der Waals surface area (Å²) in [5, 5.41) is -6.57. The number of rotatable bonds is 2. The van der Waals surface area contributed by atoms with Gasteiger partial charge in [-0.25, -0.2) is 0 Å². The maximum Gasteiger partial charge on any atom is 0.472 e. The summed E-state index contributed by atoms with van der Waals surface area (Å²) in [5.41, 5.74) is 0. The molecule has 0 spiro atoms. The van der Waals surface area contributed by atoms with Crippen LogP contribution in [0.1, 0.15) is 0 Å². The van der Waals surface area contributed by atoms with Crippen LogP contribution < -0.4 is 0 Å². The number of nitrogens with zero attached hydrogens (tertiary/aromatic N) is 1. The number of halogens is 8. The molecule has 1 N–H and O–H groups in total. The van der Waals surface area contributed by atoms with E-state index >= 15 is 0 Å². The van der Waals surface area contributed by atoms with Crippen molar-refractivity contribution in [3.63, 3.8) is 0 Å². The van der Waals surface area contributed by atoms with Crippen molar-refractivity contribution >= 4 is 10.1 Å². The summed E-state index contributed by atoms with van der Waals surface area (Å²) in [7, 11) is -6.92. The molecule has 0 heterocycles. The van der Waals surface area contributed by atoms with Gasteiger partial charge >= 0.3 is 28.1 Å². The largest absolute Gasteiger partial charge is 0.472 e. The van der Waals surface area contributed by atoms with Crippen molar-refractivity contribution < 1.29 is 48.1 Å². The molecule has 0 aliphatic heterocycles. The summed E-state index contributed by atoms with van der Waals surface area (Å²) in [5.74, 6) is 0. The van der Waals surface area contributed by atoms with Gasteiger partial charge in [0.1, 0.15) is 0 Å². The standard InChI is InChI=1S/C3HF8NO3S/c4-1(5,6)12(2(7,8)9)3(10,11)16(13,14)15/h(H,13,14,15). The first-order valence-corrected chi connectivity index (χ1v) is 4.34. The Morgan fingerprint density at radius 1 is 0.812 bits per heavy atom. The van der Waals surface area contributed by atoms with Gasteiger partial charge in [-0.2, -0.15) is 43.5 Å². The van der Waals surface area contributed by atoms with Crippen LogP contribution in [0.5, 0.6) is 0 Å². The third-order valence-electron chi connectivity index (χ3n) is 1.08. The second-order valence-electron chi connectivity index (χ2n) is 2.23. The molecule has 98 valence electrons. The Kier molecular flexibility index (Phi) is 3.50. The molecule has 0 aromatic carbocycles. The summed E-state index contributed by atoms with van der Waals surface area (Å²) in [6.45, 7) is 0. The zero-order chi connectivity index (χ0) is 13.6. The molecular weight excluding hydrogens is 282 g/mol. The molecule has 0 bridgehead atoms.